The Labute approximate surface area is 170 Å². The first kappa shape index (κ1) is 20.1. The van der Waals surface area contributed by atoms with Crippen LogP contribution in [0.3, 0.4) is 0 Å². The molecule has 0 spiro atoms. The monoisotopic (exact) mass is 403 g/mol. The van der Waals surface area contributed by atoms with Crippen LogP contribution in [0.25, 0.3) is 0 Å². The van der Waals surface area contributed by atoms with Crippen LogP contribution in [0.2, 0.25) is 5.02 Å². The molecule has 0 aromatic heterocycles. The van der Waals surface area contributed by atoms with Crippen LogP contribution in [0, 0.1) is 0 Å². The normalized spacial score (nSPS) is 13.8. The quantitative estimate of drug-likeness (QED) is 0.735. The highest BCUT2D eigenvalue weighted by molar-refractivity contribution is 6.33. The Kier molecular flexibility index (Phi) is 6.87. The van der Waals surface area contributed by atoms with Gasteiger partial charge in [0.15, 0.2) is 11.5 Å². The highest BCUT2D eigenvalue weighted by Crippen LogP contribution is 2.32. The number of urea groups is 1. The number of piperidine rings is 1. The minimum absolute atomic E-state index is 0.311. The molecule has 0 aliphatic carbocycles. The van der Waals surface area contributed by atoms with E-state index in [1.54, 1.807) is 20.3 Å². The molecule has 2 aromatic rings. The number of rotatable bonds is 6. The van der Waals surface area contributed by atoms with Gasteiger partial charge < -0.3 is 25.0 Å². The molecule has 2 N–H and O–H groups in total. The minimum atomic E-state index is -0.313. The zero-order valence-electron chi connectivity index (χ0n) is 16.3. The van der Waals surface area contributed by atoms with Crippen LogP contribution < -0.4 is 25.0 Å². The number of ether oxygens (including phenoxy) is 2. The van der Waals surface area contributed by atoms with Crippen molar-refractivity contribution >= 4 is 29.0 Å². The Morgan fingerprint density at radius 3 is 2.57 bits per heavy atom. The number of carbonyl (C=O) groups excluding carboxylic acids is 1. The van der Waals surface area contributed by atoms with E-state index in [1.807, 2.05) is 30.3 Å². The third kappa shape index (κ3) is 4.81. The van der Waals surface area contributed by atoms with Gasteiger partial charge in [0.25, 0.3) is 0 Å². The molecule has 2 amide bonds. The van der Waals surface area contributed by atoms with Crippen molar-refractivity contribution in [2.45, 2.75) is 25.8 Å². The van der Waals surface area contributed by atoms with E-state index in [-0.39, 0.29) is 6.03 Å². The summed E-state index contributed by atoms with van der Waals surface area (Å²) in [7, 11) is 3.16. The zero-order valence-corrected chi connectivity index (χ0v) is 17.0. The Bertz CT molecular complexity index is 823. The maximum absolute atomic E-state index is 12.3. The molecule has 28 heavy (non-hydrogen) atoms. The SMILES string of the molecule is COc1cccc(CNC(=O)Nc2ccc(N3CCCCC3)c(Cl)c2)c1OC. The first-order valence-electron chi connectivity index (χ1n) is 9.41. The predicted octanol–water partition coefficient (Wildman–Crippen LogP) is 4.67. The second-order valence-electron chi connectivity index (χ2n) is 6.67. The lowest BCUT2D eigenvalue weighted by molar-refractivity contribution is 0.251. The van der Waals surface area contributed by atoms with Crippen molar-refractivity contribution in [1.82, 2.24) is 5.32 Å². The number of carbonyl (C=O) groups is 1. The molecule has 1 fully saturated rings. The average Bonchev–Trinajstić information content (AvgIpc) is 2.72. The van der Waals surface area contributed by atoms with Crippen LogP contribution >= 0.6 is 11.6 Å². The average molecular weight is 404 g/mol. The van der Waals surface area contributed by atoms with Gasteiger partial charge >= 0.3 is 6.03 Å². The van der Waals surface area contributed by atoms with E-state index in [4.69, 9.17) is 21.1 Å². The summed E-state index contributed by atoms with van der Waals surface area (Å²) in [6.45, 7) is 2.36. The highest BCUT2D eigenvalue weighted by Gasteiger charge is 2.15. The number of nitrogens with zero attached hydrogens (tertiary/aromatic N) is 1. The van der Waals surface area contributed by atoms with Crippen LogP contribution in [0.4, 0.5) is 16.2 Å². The van der Waals surface area contributed by atoms with Crippen LogP contribution in [0.15, 0.2) is 36.4 Å². The van der Waals surface area contributed by atoms with Gasteiger partial charge in [-0.2, -0.15) is 0 Å². The number of para-hydroxylation sites is 1. The molecule has 1 aliphatic heterocycles. The number of hydrogen-bond donors (Lipinski definition) is 2. The van der Waals surface area contributed by atoms with E-state index in [9.17, 15) is 4.79 Å². The molecule has 1 saturated heterocycles. The van der Waals surface area contributed by atoms with Crippen molar-refractivity contribution in [3.05, 3.63) is 47.0 Å². The molecule has 1 heterocycles. The molecule has 2 aromatic carbocycles. The lowest BCUT2D eigenvalue weighted by atomic mass is 10.1. The zero-order chi connectivity index (χ0) is 19.9. The fourth-order valence-corrected chi connectivity index (χ4v) is 3.72. The largest absolute Gasteiger partial charge is 0.493 e. The van der Waals surface area contributed by atoms with E-state index in [1.165, 1.54) is 19.3 Å². The smallest absolute Gasteiger partial charge is 0.319 e. The third-order valence-electron chi connectivity index (χ3n) is 4.83. The summed E-state index contributed by atoms with van der Waals surface area (Å²) < 4.78 is 10.7. The Hall–Kier alpha value is -2.60. The molecule has 0 bridgehead atoms. The molecule has 3 rings (SSSR count). The third-order valence-corrected chi connectivity index (χ3v) is 5.13. The van der Waals surface area contributed by atoms with Crippen molar-refractivity contribution in [1.29, 1.82) is 0 Å². The van der Waals surface area contributed by atoms with Gasteiger partial charge in [0.05, 0.1) is 24.9 Å². The van der Waals surface area contributed by atoms with Crippen molar-refractivity contribution < 1.29 is 14.3 Å². The van der Waals surface area contributed by atoms with Gasteiger partial charge in [0, 0.05) is 30.9 Å². The van der Waals surface area contributed by atoms with E-state index >= 15 is 0 Å². The number of methoxy groups -OCH3 is 2. The molecular weight excluding hydrogens is 378 g/mol. The van der Waals surface area contributed by atoms with Crippen molar-refractivity contribution in [3.8, 4) is 11.5 Å². The van der Waals surface area contributed by atoms with Gasteiger partial charge in [-0.1, -0.05) is 23.7 Å². The Morgan fingerprint density at radius 2 is 1.89 bits per heavy atom. The number of amides is 2. The fraction of sp³-hybridized carbons (Fsp3) is 0.381. The summed E-state index contributed by atoms with van der Waals surface area (Å²) in [5.74, 6) is 1.24. The van der Waals surface area contributed by atoms with Crippen LogP contribution in [-0.2, 0) is 6.54 Å². The summed E-state index contributed by atoms with van der Waals surface area (Å²) in [5.41, 5.74) is 2.50. The van der Waals surface area contributed by atoms with Gasteiger partial charge in [-0.05, 0) is 43.5 Å². The number of hydrogen-bond acceptors (Lipinski definition) is 4. The first-order valence-corrected chi connectivity index (χ1v) is 9.79. The standard InChI is InChI=1S/C21H26ClN3O3/c1-27-19-8-6-7-15(20(19)28-2)14-23-21(26)24-16-9-10-18(17(22)13-16)25-11-4-3-5-12-25/h6-10,13H,3-5,11-12,14H2,1-2H3,(H2,23,24,26). The number of anilines is 2. The van der Waals surface area contributed by atoms with Crippen LogP contribution in [0.1, 0.15) is 24.8 Å². The van der Waals surface area contributed by atoms with E-state index < -0.39 is 0 Å². The summed E-state index contributed by atoms with van der Waals surface area (Å²) in [5, 5.41) is 6.30. The number of nitrogens with one attached hydrogen (secondary N) is 2. The summed E-state index contributed by atoms with van der Waals surface area (Å²) >= 11 is 6.45. The van der Waals surface area contributed by atoms with Gasteiger partial charge in [-0.15, -0.1) is 0 Å². The van der Waals surface area contributed by atoms with E-state index in [0.717, 1.165) is 24.3 Å². The van der Waals surface area contributed by atoms with Crippen LogP contribution in [-0.4, -0.2) is 33.3 Å². The first-order chi connectivity index (χ1) is 13.6. The molecule has 0 saturated carbocycles. The van der Waals surface area contributed by atoms with Crippen molar-refractivity contribution in [2.24, 2.45) is 0 Å². The number of benzene rings is 2. The van der Waals surface area contributed by atoms with E-state index in [2.05, 4.69) is 15.5 Å². The number of halogens is 1. The maximum atomic E-state index is 12.3. The lowest BCUT2D eigenvalue weighted by Gasteiger charge is -2.29. The molecule has 150 valence electrons. The molecule has 0 atom stereocenters. The maximum Gasteiger partial charge on any atom is 0.319 e. The molecule has 0 unspecified atom stereocenters. The summed E-state index contributed by atoms with van der Waals surface area (Å²) in [6.07, 6.45) is 3.64. The molecule has 6 nitrogen and oxygen atoms in total. The van der Waals surface area contributed by atoms with Gasteiger partial charge in [-0.3, -0.25) is 0 Å². The second kappa shape index (κ2) is 9.55. The van der Waals surface area contributed by atoms with Gasteiger partial charge in [0.1, 0.15) is 0 Å². The topological polar surface area (TPSA) is 62.8 Å². The van der Waals surface area contributed by atoms with E-state index in [0.29, 0.717) is 28.8 Å². The predicted molar refractivity (Wildman–Crippen MR) is 113 cm³/mol. The lowest BCUT2D eigenvalue weighted by Crippen LogP contribution is -2.30. The molecule has 7 heteroatoms. The fourth-order valence-electron chi connectivity index (χ4n) is 3.42. The van der Waals surface area contributed by atoms with Crippen LogP contribution in [0.5, 0.6) is 11.5 Å². The van der Waals surface area contributed by atoms with Crippen molar-refractivity contribution in [2.75, 3.05) is 37.5 Å². The summed E-state index contributed by atoms with van der Waals surface area (Å²) in [4.78, 5) is 14.6. The highest BCUT2D eigenvalue weighted by atomic mass is 35.5. The van der Waals surface area contributed by atoms with Crippen molar-refractivity contribution in [3.63, 3.8) is 0 Å². The molecule has 0 radical (unpaired) electrons. The minimum Gasteiger partial charge on any atom is -0.493 e. The summed E-state index contributed by atoms with van der Waals surface area (Å²) in [6, 6.07) is 10.9. The van der Waals surface area contributed by atoms with Gasteiger partial charge in [0.2, 0.25) is 0 Å². The Morgan fingerprint density at radius 1 is 1.11 bits per heavy atom. The Balaban J connectivity index is 1.60. The second-order valence-corrected chi connectivity index (χ2v) is 7.08. The molecule has 1 aliphatic rings. The molecular formula is C21H26ClN3O3. The van der Waals surface area contributed by atoms with Gasteiger partial charge in [-0.25, -0.2) is 4.79 Å².